The van der Waals surface area contributed by atoms with Crippen molar-refractivity contribution in [3.63, 3.8) is 0 Å². The Morgan fingerprint density at radius 1 is 1.00 bits per heavy atom. The van der Waals surface area contributed by atoms with E-state index >= 15 is 0 Å². The number of aryl methyl sites for hydroxylation is 1. The Hall–Kier alpha value is -3.78. The number of pyridine rings is 1. The van der Waals surface area contributed by atoms with E-state index in [2.05, 4.69) is 4.98 Å². The molecule has 1 atom stereocenters. The maximum absolute atomic E-state index is 13.6. The zero-order valence-electron chi connectivity index (χ0n) is 20.3. The maximum atomic E-state index is 13.6. The van der Waals surface area contributed by atoms with Gasteiger partial charge in [0.05, 0.1) is 19.8 Å². The van der Waals surface area contributed by atoms with Crippen LogP contribution in [0, 0.1) is 0 Å². The van der Waals surface area contributed by atoms with E-state index in [9.17, 15) is 14.7 Å². The van der Waals surface area contributed by atoms with Crippen molar-refractivity contribution in [2.24, 2.45) is 5.73 Å². The largest absolute Gasteiger partial charge is 0.508 e. The lowest BCUT2D eigenvalue weighted by Crippen LogP contribution is -2.48. The lowest BCUT2D eigenvalue weighted by Gasteiger charge is -2.30. The second-order valence-electron chi connectivity index (χ2n) is 8.27. The molecule has 0 radical (unpaired) electrons. The molecule has 0 aliphatic heterocycles. The number of primary amides is 1. The van der Waals surface area contributed by atoms with E-state index in [0.717, 1.165) is 24.8 Å². The number of aromatic hydroxyl groups is 1. The molecular weight excluding hydrogens is 482 g/mol. The number of rotatable bonds is 12. The van der Waals surface area contributed by atoms with Gasteiger partial charge >= 0.3 is 0 Å². The summed E-state index contributed by atoms with van der Waals surface area (Å²) >= 11 is 5.90. The number of hydrogen-bond acceptors (Lipinski definition) is 6. The quantitative estimate of drug-likeness (QED) is 0.267. The minimum absolute atomic E-state index is 0.235. The van der Waals surface area contributed by atoms with Crippen molar-refractivity contribution < 1.29 is 24.2 Å². The first-order valence-corrected chi connectivity index (χ1v) is 12.0. The molecule has 1 aromatic heterocycles. The van der Waals surface area contributed by atoms with Crippen LogP contribution in [-0.2, 0) is 11.2 Å². The van der Waals surface area contributed by atoms with Gasteiger partial charge in [-0.15, -0.1) is 0 Å². The molecule has 1 heterocycles. The van der Waals surface area contributed by atoms with Crippen LogP contribution in [0.15, 0.2) is 60.8 Å². The van der Waals surface area contributed by atoms with Gasteiger partial charge in [-0.1, -0.05) is 36.6 Å². The molecule has 0 bridgehead atoms. The van der Waals surface area contributed by atoms with Crippen LogP contribution in [0.4, 0.5) is 5.69 Å². The summed E-state index contributed by atoms with van der Waals surface area (Å²) in [6.07, 6.45) is 5.00. The van der Waals surface area contributed by atoms with E-state index in [0.29, 0.717) is 30.0 Å². The second-order valence-corrected chi connectivity index (χ2v) is 8.66. The third-order valence-electron chi connectivity index (χ3n) is 5.86. The van der Waals surface area contributed by atoms with E-state index < -0.39 is 17.9 Å². The van der Waals surface area contributed by atoms with Gasteiger partial charge in [0.25, 0.3) is 5.91 Å². The number of nitrogens with zero attached hydrogens (tertiary/aromatic N) is 2. The molecule has 3 aromatic rings. The number of anilines is 1. The molecule has 1 unspecified atom stereocenters. The highest BCUT2D eigenvalue weighted by molar-refractivity contribution is 6.29. The molecule has 2 amide bonds. The predicted molar refractivity (Wildman–Crippen MR) is 139 cm³/mol. The van der Waals surface area contributed by atoms with Gasteiger partial charge in [-0.2, -0.15) is 0 Å². The topological polar surface area (TPSA) is 115 Å². The number of methoxy groups -OCH3 is 2. The highest BCUT2D eigenvalue weighted by Crippen LogP contribution is 2.33. The first-order valence-electron chi connectivity index (χ1n) is 11.6. The van der Waals surface area contributed by atoms with Crippen LogP contribution in [0.25, 0.3) is 0 Å². The zero-order valence-corrected chi connectivity index (χ0v) is 21.1. The van der Waals surface area contributed by atoms with E-state index in [1.807, 2.05) is 12.1 Å². The van der Waals surface area contributed by atoms with E-state index in [4.69, 9.17) is 26.8 Å². The number of unbranched alkanes of at least 4 members (excludes halogenated alkanes) is 2. The highest BCUT2D eigenvalue weighted by Gasteiger charge is 2.31. The number of ether oxygens (including phenoxy) is 2. The third-order valence-corrected chi connectivity index (χ3v) is 6.08. The second kappa shape index (κ2) is 12.8. The minimum atomic E-state index is -0.889. The minimum Gasteiger partial charge on any atom is -0.508 e. The van der Waals surface area contributed by atoms with Gasteiger partial charge in [0.1, 0.15) is 16.9 Å². The average molecular weight is 512 g/mol. The Labute approximate surface area is 215 Å². The fraction of sp³-hybridized carbons (Fsp3) is 0.296. The zero-order chi connectivity index (χ0) is 26.1. The van der Waals surface area contributed by atoms with Crippen LogP contribution < -0.4 is 20.1 Å². The Morgan fingerprint density at radius 2 is 1.72 bits per heavy atom. The molecule has 0 saturated carbocycles. The van der Waals surface area contributed by atoms with E-state index in [-0.39, 0.29) is 16.5 Å². The summed E-state index contributed by atoms with van der Waals surface area (Å²) in [6.45, 7) is 0. The van der Waals surface area contributed by atoms with E-state index in [1.165, 1.54) is 31.4 Å². The van der Waals surface area contributed by atoms with Crippen molar-refractivity contribution in [2.45, 2.75) is 38.1 Å². The monoisotopic (exact) mass is 511 g/mol. The number of phenols is 1. The van der Waals surface area contributed by atoms with E-state index in [1.54, 1.807) is 36.4 Å². The fourth-order valence-corrected chi connectivity index (χ4v) is 4.07. The number of aromatic nitrogens is 1. The number of phenolic OH excluding ortho intramolecular Hbond substituents is 1. The van der Waals surface area contributed by atoms with Crippen molar-refractivity contribution >= 4 is 29.1 Å². The van der Waals surface area contributed by atoms with Crippen molar-refractivity contribution in [1.82, 2.24) is 4.98 Å². The Kier molecular flexibility index (Phi) is 9.53. The van der Waals surface area contributed by atoms with Crippen molar-refractivity contribution in [3.05, 3.63) is 77.1 Å². The first-order chi connectivity index (χ1) is 17.3. The molecular formula is C27H30ClN3O5. The summed E-state index contributed by atoms with van der Waals surface area (Å²) in [5.74, 6) is 0.0996. The number of hydrogen-bond donors (Lipinski definition) is 2. The predicted octanol–water partition coefficient (Wildman–Crippen LogP) is 4.76. The Balaban J connectivity index is 1.81. The number of carbonyl (C=O) groups excluding carboxylic acids is 2. The van der Waals surface area contributed by atoms with Crippen LogP contribution in [-0.4, -0.2) is 42.2 Å². The molecule has 0 saturated heterocycles. The maximum Gasteiger partial charge on any atom is 0.260 e. The normalized spacial score (nSPS) is 11.5. The fourth-order valence-electron chi connectivity index (χ4n) is 3.96. The van der Waals surface area contributed by atoms with Gasteiger partial charge in [0, 0.05) is 18.0 Å². The lowest BCUT2D eigenvalue weighted by atomic mass is 10.0. The number of carbonyl (C=O) groups is 2. The molecule has 190 valence electrons. The molecule has 3 N–H and O–H groups in total. The van der Waals surface area contributed by atoms with Crippen LogP contribution >= 0.6 is 11.6 Å². The van der Waals surface area contributed by atoms with Gasteiger partial charge in [-0.3, -0.25) is 14.5 Å². The number of halogens is 1. The Morgan fingerprint density at radius 3 is 2.33 bits per heavy atom. The smallest absolute Gasteiger partial charge is 0.260 e. The van der Waals surface area contributed by atoms with Crippen LogP contribution in [0.2, 0.25) is 5.15 Å². The highest BCUT2D eigenvalue weighted by atomic mass is 35.5. The van der Waals surface area contributed by atoms with Gasteiger partial charge in [0.2, 0.25) is 5.91 Å². The first kappa shape index (κ1) is 26.8. The molecule has 3 rings (SSSR count). The summed E-state index contributed by atoms with van der Waals surface area (Å²) < 4.78 is 10.7. The molecule has 0 aliphatic carbocycles. The Bertz CT molecular complexity index is 1170. The van der Waals surface area contributed by atoms with Gasteiger partial charge in [0.15, 0.2) is 11.5 Å². The van der Waals surface area contributed by atoms with Crippen LogP contribution in [0.5, 0.6) is 17.2 Å². The summed E-state index contributed by atoms with van der Waals surface area (Å²) in [7, 11) is 3.01. The average Bonchev–Trinajstić information content (AvgIpc) is 2.88. The molecule has 36 heavy (non-hydrogen) atoms. The number of nitrogens with two attached hydrogens (primary N) is 1. The summed E-state index contributed by atoms with van der Waals surface area (Å²) in [6, 6.07) is 14.3. The molecule has 0 spiro atoms. The molecule has 8 nitrogen and oxygen atoms in total. The van der Waals surface area contributed by atoms with Crippen molar-refractivity contribution in [1.29, 1.82) is 0 Å². The summed E-state index contributed by atoms with van der Waals surface area (Å²) in [4.78, 5) is 31.6. The van der Waals surface area contributed by atoms with Crippen molar-refractivity contribution in [2.75, 3.05) is 19.1 Å². The SMILES string of the molecule is COc1ccc(N(C(=O)c2ccc(Cl)nc2)C(CCCCCc2ccc(O)cc2)C(N)=O)cc1OC. The van der Waals surface area contributed by atoms with Crippen LogP contribution in [0.1, 0.15) is 41.6 Å². The standard InChI is InChI=1S/C27H30ClN3O5/c1-35-23-14-11-20(16-24(23)36-2)31(27(34)19-10-15-25(28)30-17-19)22(26(29)33)7-5-3-4-6-18-8-12-21(32)13-9-18/h8-17,22,32H,3-7H2,1-2H3,(H2,29,33). The van der Waals surface area contributed by atoms with Gasteiger partial charge < -0.3 is 20.3 Å². The van der Waals surface area contributed by atoms with Crippen molar-refractivity contribution in [3.8, 4) is 17.2 Å². The number of benzene rings is 2. The molecule has 9 heteroatoms. The summed E-state index contributed by atoms with van der Waals surface area (Å²) in [5, 5.41) is 9.68. The molecule has 0 fully saturated rings. The third kappa shape index (κ3) is 6.88. The molecule has 2 aromatic carbocycles. The number of amides is 2. The molecule has 0 aliphatic rings. The lowest BCUT2D eigenvalue weighted by molar-refractivity contribution is -0.119. The van der Waals surface area contributed by atoms with Gasteiger partial charge in [-0.05, 0) is 61.2 Å². The van der Waals surface area contributed by atoms with Crippen LogP contribution in [0.3, 0.4) is 0 Å². The summed E-state index contributed by atoms with van der Waals surface area (Å²) in [5.41, 5.74) is 7.65. The van der Waals surface area contributed by atoms with Gasteiger partial charge in [-0.25, -0.2) is 4.98 Å².